The molecule has 3 heterocycles. The number of nitrogens with zero attached hydrogens (tertiary/aromatic N) is 5. The average molecular weight is 805 g/mol. The van der Waals surface area contributed by atoms with E-state index in [4.69, 9.17) is 10.00 Å². The number of carbonyl (C=O) groups is 4. The number of piperidine rings is 1. The van der Waals surface area contributed by atoms with Gasteiger partial charge in [0.1, 0.15) is 17.6 Å². The summed E-state index contributed by atoms with van der Waals surface area (Å²) in [6.07, 6.45) is 6.16. The number of ether oxygens (including phenoxy) is 1. The molecule has 1 aliphatic carbocycles. The van der Waals surface area contributed by atoms with Gasteiger partial charge in [0.15, 0.2) is 0 Å². The summed E-state index contributed by atoms with van der Waals surface area (Å²) >= 11 is 0. The maximum absolute atomic E-state index is 15.8. The molecule has 4 amide bonds. The van der Waals surface area contributed by atoms with Crippen molar-refractivity contribution in [2.45, 2.75) is 88.3 Å². The van der Waals surface area contributed by atoms with Gasteiger partial charge in [0.2, 0.25) is 11.8 Å². The Bertz CT molecular complexity index is 1990. The number of alkyl halides is 2. The Hall–Kier alpha value is -5.27. The molecule has 310 valence electrons. The number of rotatable bonds is 12. The molecule has 3 fully saturated rings. The van der Waals surface area contributed by atoms with Gasteiger partial charge in [-0.1, -0.05) is 44.4 Å². The summed E-state index contributed by atoms with van der Waals surface area (Å²) in [6, 6.07) is 10.6. The molecule has 3 aromatic rings. The number of halogens is 3. The van der Waals surface area contributed by atoms with Crippen LogP contribution in [0.15, 0.2) is 54.7 Å². The highest BCUT2D eigenvalue weighted by molar-refractivity contribution is 5.97. The third-order valence-corrected chi connectivity index (χ3v) is 11.7. The third kappa shape index (κ3) is 10.0. The third-order valence-electron chi connectivity index (χ3n) is 11.7. The summed E-state index contributed by atoms with van der Waals surface area (Å²) in [4.78, 5) is 58.0. The molecule has 4 atom stereocenters. The summed E-state index contributed by atoms with van der Waals surface area (Å²) in [6.45, 7) is 4.85. The van der Waals surface area contributed by atoms with E-state index >= 15 is 13.2 Å². The predicted octanol–water partition coefficient (Wildman–Crippen LogP) is 5.11. The number of amides is 4. The van der Waals surface area contributed by atoms with Crippen molar-refractivity contribution in [3.05, 3.63) is 82.9 Å². The maximum atomic E-state index is 15.8. The molecule has 13 nitrogen and oxygen atoms in total. The van der Waals surface area contributed by atoms with Crippen LogP contribution in [0.4, 0.5) is 18.9 Å². The molecule has 3 N–H and O–H groups in total. The summed E-state index contributed by atoms with van der Waals surface area (Å²) in [7, 11) is 2.05. The van der Waals surface area contributed by atoms with Gasteiger partial charge in [-0.05, 0) is 87.6 Å². The largest absolute Gasteiger partial charge is 0.378 e. The van der Waals surface area contributed by atoms with Gasteiger partial charge in [0, 0.05) is 43.2 Å². The van der Waals surface area contributed by atoms with E-state index < -0.39 is 58.9 Å². The molecule has 1 saturated carbocycles. The zero-order chi connectivity index (χ0) is 41.4. The lowest BCUT2D eigenvalue weighted by Gasteiger charge is -2.34. The normalized spacial score (nSPS) is 20.6. The minimum atomic E-state index is -3.91. The van der Waals surface area contributed by atoms with Gasteiger partial charge >= 0.3 is 5.92 Å². The summed E-state index contributed by atoms with van der Waals surface area (Å²) in [5.41, 5.74) is 0.0367. The Labute approximate surface area is 336 Å². The molecule has 0 radical (unpaired) electrons. The topological polar surface area (TPSA) is 162 Å². The van der Waals surface area contributed by atoms with E-state index in [1.165, 1.54) is 24.3 Å². The predicted molar refractivity (Wildman–Crippen MR) is 208 cm³/mol. The van der Waals surface area contributed by atoms with E-state index in [9.17, 15) is 19.2 Å². The minimum absolute atomic E-state index is 0.000719. The molecule has 2 aliphatic heterocycles. The van der Waals surface area contributed by atoms with Crippen LogP contribution in [0.25, 0.3) is 0 Å². The number of nitriles is 1. The van der Waals surface area contributed by atoms with Crippen molar-refractivity contribution in [3.8, 4) is 6.07 Å². The van der Waals surface area contributed by atoms with Crippen LogP contribution in [0, 0.1) is 23.1 Å². The van der Waals surface area contributed by atoms with Gasteiger partial charge in [-0.3, -0.25) is 23.9 Å². The van der Waals surface area contributed by atoms with E-state index in [0.29, 0.717) is 56.8 Å². The minimum Gasteiger partial charge on any atom is -0.378 e. The molecule has 16 heteroatoms. The first-order valence-corrected chi connectivity index (χ1v) is 20.0. The maximum Gasteiger partial charge on any atom is 0.349 e. The highest BCUT2D eigenvalue weighted by Gasteiger charge is 2.43. The monoisotopic (exact) mass is 804 g/mol. The fourth-order valence-electron chi connectivity index (χ4n) is 8.16. The quantitative estimate of drug-likeness (QED) is 0.213. The highest BCUT2D eigenvalue weighted by Crippen LogP contribution is 2.33. The van der Waals surface area contributed by atoms with Crippen LogP contribution < -0.4 is 16.0 Å². The van der Waals surface area contributed by atoms with Crippen molar-refractivity contribution in [1.82, 2.24) is 30.2 Å². The smallest absolute Gasteiger partial charge is 0.349 e. The fraction of sp³-hybridized carbons (Fsp3) is 0.524. The summed E-state index contributed by atoms with van der Waals surface area (Å²) < 4.78 is 53.5. The zero-order valence-electron chi connectivity index (χ0n) is 32.9. The number of morpholine rings is 1. The van der Waals surface area contributed by atoms with Gasteiger partial charge in [-0.25, -0.2) is 4.39 Å². The van der Waals surface area contributed by atoms with Crippen molar-refractivity contribution in [3.63, 3.8) is 0 Å². The first-order valence-electron chi connectivity index (χ1n) is 20.0. The van der Waals surface area contributed by atoms with Gasteiger partial charge < -0.3 is 30.5 Å². The highest BCUT2D eigenvalue weighted by atomic mass is 19.3. The van der Waals surface area contributed by atoms with Gasteiger partial charge in [-0.2, -0.15) is 19.1 Å². The average Bonchev–Trinajstić information content (AvgIpc) is 3.63. The lowest BCUT2D eigenvalue weighted by molar-refractivity contribution is -0.148. The second kappa shape index (κ2) is 19.0. The Kier molecular flexibility index (Phi) is 13.9. The lowest BCUT2D eigenvalue weighted by Crippen LogP contribution is -2.54. The SMILES string of the molecule is C[C@@H](c1ccc(NC(=O)CC2CCCCCC2NC(=O)C(F)(F)c2cccc(C#N)c2)c(F)c1)[C@@H](NC(=O)c1ccnn1C1CCN(C)CC1)C(=O)N1CCOCC1. The van der Waals surface area contributed by atoms with Crippen LogP contribution >= 0.6 is 0 Å². The lowest BCUT2D eigenvalue weighted by atomic mass is 9.90. The van der Waals surface area contributed by atoms with E-state index in [1.807, 2.05) is 7.05 Å². The molecular weight excluding hydrogens is 754 g/mol. The molecule has 0 spiro atoms. The number of nitrogens with one attached hydrogen (secondary N) is 3. The number of anilines is 1. The standard InChI is InChI=1S/C42H51F3N8O5/c1-27(38(40(56)52-19-21-58-22-20-52)50-39(55)36-13-16-47-53(36)32-14-17-51(2)18-15-32)29-11-12-35(33(43)24-29)48-37(54)25-30-8-4-3-5-10-34(30)49-41(57)42(44,45)31-9-6-7-28(23-31)26-46/h6-7,9,11-13,16,23-24,27,30,32,34,38H,3-5,8,10,14-15,17-22,25H2,1-2H3,(H,48,54)(H,49,57)(H,50,55)/t27-,30?,34?,38+/m0/s1. The van der Waals surface area contributed by atoms with E-state index in [2.05, 4.69) is 25.9 Å². The molecule has 6 rings (SSSR count). The van der Waals surface area contributed by atoms with E-state index in [0.717, 1.165) is 50.9 Å². The van der Waals surface area contributed by atoms with Crippen LogP contribution in [-0.2, 0) is 25.0 Å². The number of hydrogen-bond acceptors (Lipinski definition) is 8. The van der Waals surface area contributed by atoms with Crippen molar-refractivity contribution < 1.29 is 37.1 Å². The molecule has 3 aliphatic rings. The number of likely N-dealkylation sites (tertiary alicyclic amines) is 1. The van der Waals surface area contributed by atoms with Crippen LogP contribution in [0.1, 0.15) is 97.4 Å². The molecule has 0 bridgehead atoms. The van der Waals surface area contributed by atoms with Crippen LogP contribution in [0.2, 0.25) is 0 Å². The van der Waals surface area contributed by atoms with Crippen LogP contribution in [-0.4, -0.2) is 102 Å². The summed E-state index contributed by atoms with van der Waals surface area (Å²) in [5.74, 6) is -8.69. The van der Waals surface area contributed by atoms with Gasteiger partial charge in [-0.15, -0.1) is 0 Å². The van der Waals surface area contributed by atoms with Crippen molar-refractivity contribution in [1.29, 1.82) is 5.26 Å². The molecule has 2 aromatic carbocycles. The first-order chi connectivity index (χ1) is 27.8. The van der Waals surface area contributed by atoms with Gasteiger partial charge in [0.25, 0.3) is 11.8 Å². The Morgan fingerprint density at radius 2 is 1.72 bits per heavy atom. The van der Waals surface area contributed by atoms with Crippen molar-refractivity contribution in [2.24, 2.45) is 5.92 Å². The molecular formula is C42H51F3N8O5. The van der Waals surface area contributed by atoms with E-state index in [1.54, 1.807) is 40.9 Å². The summed E-state index contributed by atoms with van der Waals surface area (Å²) in [5, 5.41) is 21.6. The molecule has 2 saturated heterocycles. The second-order valence-electron chi connectivity index (χ2n) is 15.6. The van der Waals surface area contributed by atoms with Gasteiger partial charge in [0.05, 0.1) is 36.6 Å². The van der Waals surface area contributed by atoms with Crippen molar-refractivity contribution >= 4 is 29.3 Å². The Morgan fingerprint density at radius 1 is 0.983 bits per heavy atom. The molecule has 1 aromatic heterocycles. The number of hydrogen-bond donors (Lipinski definition) is 3. The van der Waals surface area contributed by atoms with Crippen molar-refractivity contribution in [2.75, 3.05) is 51.8 Å². The number of benzene rings is 2. The number of carbonyl (C=O) groups excluding carboxylic acids is 4. The Morgan fingerprint density at radius 3 is 2.45 bits per heavy atom. The number of aromatic nitrogens is 2. The fourth-order valence-corrected chi connectivity index (χ4v) is 8.16. The van der Waals surface area contributed by atoms with Crippen LogP contribution in [0.3, 0.4) is 0 Å². The second-order valence-corrected chi connectivity index (χ2v) is 15.6. The van der Waals surface area contributed by atoms with Crippen LogP contribution in [0.5, 0.6) is 0 Å². The molecule has 2 unspecified atom stereocenters. The van der Waals surface area contributed by atoms with E-state index in [-0.39, 0.29) is 29.6 Å². The first kappa shape index (κ1) is 42.3. The molecule has 58 heavy (non-hydrogen) atoms. The zero-order valence-corrected chi connectivity index (χ0v) is 32.9. The Balaban J connectivity index is 1.14.